The molecule has 2 aromatic heterocycles. The van der Waals surface area contributed by atoms with Crippen LogP contribution in [0.5, 0.6) is 0 Å². The van der Waals surface area contributed by atoms with E-state index < -0.39 is 0 Å². The van der Waals surface area contributed by atoms with Gasteiger partial charge in [0, 0.05) is 7.05 Å². The Hall–Kier alpha value is -1.58. The zero-order valence-electron chi connectivity index (χ0n) is 7.07. The van der Waals surface area contributed by atoms with Gasteiger partial charge >= 0.3 is 0 Å². The number of imidazole rings is 1. The van der Waals surface area contributed by atoms with E-state index in [1.165, 1.54) is 0 Å². The third-order valence-corrected chi connectivity index (χ3v) is 1.79. The van der Waals surface area contributed by atoms with Gasteiger partial charge in [-0.15, -0.1) is 5.10 Å². The molecule has 0 unspecified atom stereocenters. The third kappa shape index (κ3) is 0.922. The smallest absolute Gasteiger partial charge is 0.153 e. The topological polar surface area (TPSA) is 42.2 Å². The van der Waals surface area contributed by atoms with Crippen LogP contribution in [0.4, 0.5) is 5.82 Å². The zero-order chi connectivity index (χ0) is 8.55. The molecule has 0 spiro atoms. The Balaban J connectivity index is 2.71. The lowest BCUT2D eigenvalue weighted by molar-refractivity contribution is 0.903. The van der Waals surface area contributed by atoms with Crippen molar-refractivity contribution in [3.8, 4) is 0 Å². The second kappa shape index (κ2) is 2.48. The highest BCUT2D eigenvalue weighted by Gasteiger charge is 1.99. The van der Waals surface area contributed by atoms with Crippen molar-refractivity contribution in [2.45, 2.75) is 6.92 Å². The first-order chi connectivity index (χ1) is 5.81. The summed E-state index contributed by atoms with van der Waals surface area (Å²) >= 11 is 0. The number of rotatable bonds is 1. The van der Waals surface area contributed by atoms with Crippen molar-refractivity contribution in [1.29, 1.82) is 0 Å². The molecule has 0 bridgehead atoms. The van der Waals surface area contributed by atoms with Crippen molar-refractivity contribution in [1.82, 2.24) is 14.6 Å². The van der Waals surface area contributed by atoms with Gasteiger partial charge in [0.2, 0.25) is 0 Å². The van der Waals surface area contributed by atoms with Gasteiger partial charge in [0.25, 0.3) is 0 Å². The molecule has 1 N–H and O–H groups in total. The molecule has 0 fully saturated rings. The SMILES string of the molecule is CNc1ccc2ncc(C)n2n1. The highest BCUT2D eigenvalue weighted by Crippen LogP contribution is 2.06. The molecule has 0 aliphatic carbocycles. The molecule has 12 heavy (non-hydrogen) atoms. The average molecular weight is 162 g/mol. The van der Waals surface area contributed by atoms with E-state index in [0.29, 0.717) is 0 Å². The number of nitrogens with zero attached hydrogens (tertiary/aromatic N) is 3. The largest absolute Gasteiger partial charge is 0.372 e. The predicted molar refractivity (Wildman–Crippen MR) is 47.3 cm³/mol. The second-order valence-electron chi connectivity index (χ2n) is 2.64. The van der Waals surface area contributed by atoms with E-state index in [1.54, 1.807) is 0 Å². The molecule has 4 heteroatoms. The minimum Gasteiger partial charge on any atom is -0.372 e. The summed E-state index contributed by atoms with van der Waals surface area (Å²) in [6.07, 6.45) is 1.81. The van der Waals surface area contributed by atoms with Crippen molar-refractivity contribution >= 4 is 11.5 Å². The second-order valence-corrected chi connectivity index (χ2v) is 2.64. The summed E-state index contributed by atoms with van der Waals surface area (Å²) in [6, 6.07) is 3.84. The molecule has 0 aromatic carbocycles. The van der Waals surface area contributed by atoms with Gasteiger partial charge in [-0.25, -0.2) is 9.50 Å². The van der Waals surface area contributed by atoms with Crippen LogP contribution < -0.4 is 5.32 Å². The normalized spacial score (nSPS) is 10.5. The molecule has 4 nitrogen and oxygen atoms in total. The first kappa shape index (κ1) is 7.09. The van der Waals surface area contributed by atoms with E-state index in [4.69, 9.17) is 0 Å². The van der Waals surface area contributed by atoms with Crippen LogP contribution in [0.15, 0.2) is 18.3 Å². The fourth-order valence-corrected chi connectivity index (χ4v) is 1.12. The average Bonchev–Trinajstić information content (AvgIpc) is 2.47. The maximum Gasteiger partial charge on any atom is 0.153 e. The predicted octanol–water partition coefficient (Wildman–Crippen LogP) is 1.08. The molecule has 0 radical (unpaired) electrons. The van der Waals surface area contributed by atoms with Crippen LogP contribution in [0, 0.1) is 6.92 Å². The molecule has 0 aliphatic heterocycles. The molecular formula is C8H10N4. The first-order valence-electron chi connectivity index (χ1n) is 3.80. The summed E-state index contributed by atoms with van der Waals surface area (Å²) in [7, 11) is 1.85. The van der Waals surface area contributed by atoms with Gasteiger partial charge in [-0.05, 0) is 19.1 Å². The lowest BCUT2D eigenvalue weighted by atomic mass is 10.5. The van der Waals surface area contributed by atoms with E-state index in [1.807, 2.05) is 36.8 Å². The number of aryl methyl sites for hydroxylation is 1. The highest BCUT2D eigenvalue weighted by molar-refractivity contribution is 5.44. The summed E-state index contributed by atoms with van der Waals surface area (Å²) in [5, 5.41) is 7.27. The molecular weight excluding hydrogens is 152 g/mol. The van der Waals surface area contributed by atoms with Gasteiger partial charge < -0.3 is 5.32 Å². The molecule has 2 aromatic rings. The van der Waals surface area contributed by atoms with E-state index in [2.05, 4.69) is 15.4 Å². The van der Waals surface area contributed by atoms with Crippen LogP contribution >= 0.6 is 0 Å². The van der Waals surface area contributed by atoms with Crippen LogP contribution in [0.25, 0.3) is 5.65 Å². The molecule has 0 saturated carbocycles. The maximum absolute atomic E-state index is 4.30. The van der Waals surface area contributed by atoms with Crippen molar-refractivity contribution in [2.24, 2.45) is 0 Å². The molecule has 2 heterocycles. The fraction of sp³-hybridized carbons (Fsp3) is 0.250. The summed E-state index contributed by atoms with van der Waals surface area (Å²) < 4.78 is 1.81. The van der Waals surface area contributed by atoms with Gasteiger partial charge in [-0.2, -0.15) is 0 Å². The number of fused-ring (bicyclic) bond motifs is 1. The van der Waals surface area contributed by atoms with E-state index >= 15 is 0 Å². The Morgan fingerprint density at radius 3 is 3.00 bits per heavy atom. The van der Waals surface area contributed by atoms with Crippen LogP contribution in [0.1, 0.15) is 5.69 Å². The van der Waals surface area contributed by atoms with Gasteiger partial charge in [0.15, 0.2) is 5.65 Å². The molecule has 0 saturated heterocycles. The zero-order valence-corrected chi connectivity index (χ0v) is 7.07. The Bertz CT molecular complexity index is 404. The molecule has 2 rings (SSSR count). The first-order valence-corrected chi connectivity index (χ1v) is 3.80. The number of hydrogen-bond donors (Lipinski definition) is 1. The standard InChI is InChI=1S/C8H10N4/c1-6-5-10-8-4-3-7(9-2)11-12(6)8/h3-5H,1-2H3,(H,9,11). The van der Waals surface area contributed by atoms with Crippen LogP contribution in [-0.2, 0) is 0 Å². The maximum atomic E-state index is 4.30. The van der Waals surface area contributed by atoms with Crippen LogP contribution in [0.2, 0.25) is 0 Å². The Kier molecular flexibility index (Phi) is 1.46. The lowest BCUT2D eigenvalue weighted by Crippen LogP contribution is -1.99. The van der Waals surface area contributed by atoms with Gasteiger partial charge in [0.05, 0.1) is 11.9 Å². The molecule has 62 valence electrons. The Labute approximate surface area is 70.2 Å². The fourth-order valence-electron chi connectivity index (χ4n) is 1.12. The quantitative estimate of drug-likeness (QED) is 0.682. The number of nitrogens with one attached hydrogen (secondary N) is 1. The van der Waals surface area contributed by atoms with E-state index in [-0.39, 0.29) is 0 Å². The summed E-state index contributed by atoms with van der Waals surface area (Å²) in [5.74, 6) is 0.851. The lowest BCUT2D eigenvalue weighted by Gasteiger charge is -1.99. The Morgan fingerprint density at radius 2 is 2.25 bits per heavy atom. The number of hydrogen-bond acceptors (Lipinski definition) is 3. The van der Waals surface area contributed by atoms with Crippen molar-refractivity contribution in [2.75, 3.05) is 12.4 Å². The summed E-state index contributed by atoms with van der Waals surface area (Å²) in [6.45, 7) is 1.98. The molecule has 0 amide bonds. The monoisotopic (exact) mass is 162 g/mol. The Morgan fingerprint density at radius 1 is 1.42 bits per heavy atom. The number of anilines is 1. The van der Waals surface area contributed by atoms with Crippen LogP contribution in [0.3, 0.4) is 0 Å². The number of aromatic nitrogens is 3. The van der Waals surface area contributed by atoms with Crippen LogP contribution in [-0.4, -0.2) is 21.6 Å². The van der Waals surface area contributed by atoms with E-state index in [0.717, 1.165) is 17.2 Å². The van der Waals surface area contributed by atoms with Crippen molar-refractivity contribution in [3.05, 3.63) is 24.0 Å². The van der Waals surface area contributed by atoms with E-state index in [9.17, 15) is 0 Å². The summed E-state index contributed by atoms with van der Waals surface area (Å²) in [4.78, 5) is 4.17. The minimum atomic E-state index is 0.851. The van der Waals surface area contributed by atoms with Gasteiger partial charge in [-0.3, -0.25) is 0 Å². The molecule has 0 aliphatic rings. The third-order valence-electron chi connectivity index (χ3n) is 1.79. The minimum absolute atomic E-state index is 0.851. The van der Waals surface area contributed by atoms with Gasteiger partial charge in [-0.1, -0.05) is 0 Å². The van der Waals surface area contributed by atoms with Gasteiger partial charge in [0.1, 0.15) is 5.82 Å². The highest BCUT2D eigenvalue weighted by atomic mass is 15.3. The van der Waals surface area contributed by atoms with Crippen molar-refractivity contribution < 1.29 is 0 Å². The van der Waals surface area contributed by atoms with Crippen molar-refractivity contribution in [3.63, 3.8) is 0 Å². The summed E-state index contributed by atoms with van der Waals surface area (Å²) in [5.41, 5.74) is 1.92. The molecule has 0 atom stereocenters.